The number of rotatable bonds is 6. The molecule has 7 aromatic carbocycles. The SMILES string of the molecule is c1ccc(-c2cc(-c3ccccc3)nc(-c3ccc(-c4ccc5c(c4)nc(-c4ccccc4)c4cc6ccc7ccc(-c8ccccc8)nc7c6nc45)cc3)n2)cc1. The van der Waals surface area contributed by atoms with Gasteiger partial charge in [-0.05, 0) is 41.5 Å². The molecule has 0 radical (unpaired) electrons. The Kier molecular flexibility index (Phi) is 8.07. The second-order valence-corrected chi connectivity index (χ2v) is 14.5. The quantitative estimate of drug-likeness (QED) is 0.125. The van der Waals surface area contributed by atoms with Crippen molar-refractivity contribution < 1.29 is 0 Å². The van der Waals surface area contributed by atoms with Crippen molar-refractivity contribution in [3.05, 3.63) is 200 Å². The van der Waals surface area contributed by atoms with Crippen LogP contribution >= 0.6 is 0 Å². The summed E-state index contributed by atoms with van der Waals surface area (Å²) in [6, 6.07) is 69.1. The molecule has 58 heavy (non-hydrogen) atoms. The molecule has 0 atom stereocenters. The minimum Gasteiger partial charge on any atom is -0.247 e. The Hall–Kier alpha value is -7.89. The van der Waals surface area contributed by atoms with Crippen LogP contribution in [-0.2, 0) is 0 Å². The molecule has 0 unspecified atom stereocenters. The zero-order valence-corrected chi connectivity index (χ0v) is 31.3. The molecule has 0 fully saturated rings. The van der Waals surface area contributed by atoms with E-state index in [9.17, 15) is 0 Å². The number of benzene rings is 7. The topological polar surface area (TPSA) is 64.5 Å². The summed E-state index contributed by atoms with van der Waals surface area (Å²) in [7, 11) is 0. The van der Waals surface area contributed by atoms with Crippen LogP contribution in [0.5, 0.6) is 0 Å². The van der Waals surface area contributed by atoms with Crippen molar-refractivity contribution in [2.45, 2.75) is 0 Å². The Balaban J connectivity index is 1.04. The molecule has 0 aliphatic heterocycles. The van der Waals surface area contributed by atoms with E-state index >= 15 is 0 Å². The third-order valence-electron chi connectivity index (χ3n) is 10.8. The minimum atomic E-state index is 0.683. The van der Waals surface area contributed by atoms with Crippen molar-refractivity contribution in [3.8, 4) is 67.5 Å². The lowest BCUT2D eigenvalue weighted by Gasteiger charge is -2.13. The van der Waals surface area contributed by atoms with Crippen molar-refractivity contribution >= 4 is 43.6 Å². The number of hydrogen-bond donors (Lipinski definition) is 0. The van der Waals surface area contributed by atoms with Crippen LogP contribution < -0.4 is 0 Å². The van der Waals surface area contributed by atoms with Gasteiger partial charge in [-0.15, -0.1) is 0 Å². The molecule has 0 bridgehead atoms. The van der Waals surface area contributed by atoms with Crippen molar-refractivity contribution in [1.29, 1.82) is 0 Å². The van der Waals surface area contributed by atoms with E-state index < -0.39 is 0 Å². The Morgan fingerprint density at radius 2 is 0.776 bits per heavy atom. The molecule has 11 aromatic rings. The van der Waals surface area contributed by atoms with Gasteiger partial charge in [-0.3, -0.25) is 0 Å². The summed E-state index contributed by atoms with van der Waals surface area (Å²) < 4.78 is 0. The van der Waals surface area contributed by atoms with Gasteiger partial charge < -0.3 is 0 Å². The minimum absolute atomic E-state index is 0.683. The van der Waals surface area contributed by atoms with Crippen molar-refractivity contribution in [3.63, 3.8) is 0 Å². The van der Waals surface area contributed by atoms with Gasteiger partial charge in [0.15, 0.2) is 5.82 Å². The van der Waals surface area contributed by atoms with Gasteiger partial charge in [0.25, 0.3) is 0 Å². The van der Waals surface area contributed by atoms with Crippen LogP contribution in [0.15, 0.2) is 200 Å². The molecule has 4 aromatic heterocycles. The second kappa shape index (κ2) is 14.0. The van der Waals surface area contributed by atoms with E-state index in [4.69, 9.17) is 24.9 Å². The number of nitrogens with zero attached hydrogens (tertiary/aromatic N) is 5. The molecule has 5 heteroatoms. The van der Waals surface area contributed by atoms with Gasteiger partial charge in [-0.2, -0.15) is 0 Å². The van der Waals surface area contributed by atoms with E-state index in [0.717, 1.165) is 105 Å². The monoisotopic (exact) mass is 739 g/mol. The van der Waals surface area contributed by atoms with Gasteiger partial charge in [-0.25, -0.2) is 24.9 Å². The molecular formula is C53H33N5. The average Bonchev–Trinajstić information content (AvgIpc) is 3.31. The van der Waals surface area contributed by atoms with Crippen molar-refractivity contribution in [1.82, 2.24) is 24.9 Å². The maximum atomic E-state index is 5.44. The summed E-state index contributed by atoms with van der Waals surface area (Å²) in [5.74, 6) is 0.683. The standard InChI is InChI=1S/C53H33N5/c1-5-13-35(14-6-1)45-30-28-39-23-26-42-31-44-49(38-19-11-4-12-20-38)55-48-32-41(27-29-43(48)52(44)58-51(42)50(39)54-45)34-21-24-40(25-22-34)53-56-46(36-15-7-2-8-16-36)33-47(57-53)37-17-9-3-10-18-37/h1-33H. The highest BCUT2D eigenvalue weighted by atomic mass is 14.9. The number of hydrogen-bond acceptors (Lipinski definition) is 5. The lowest BCUT2D eigenvalue weighted by atomic mass is 9.98. The van der Waals surface area contributed by atoms with E-state index in [0.29, 0.717) is 5.82 Å². The zero-order valence-electron chi connectivity index (χ0n) is 31.3. The Bertz CT molecular complexity index is 3240. The predicted molar refractivity (Wildman–Crippen MR) is 238 cm³/mol. The van der Waals surface area contributed by atoms with Crippen LogP contribution in [-0.4, -0.2) is 24.9 Å². The van der Waals surface area contributed by atoms with Gasteiger partial charge in [0.05, 0.1) is 44.8 Å². The normalized spacial score (nSPS) is 11.4. The number of fused-ring (bicyclic) bond motifs is 6. The van der Waals surface area contributed by atoms with Gasteiger partial charge in [0, 0.05) is 49.4 Å². The van der Waals surface area contributed by atoms with Crippen molar-refractivity contribution in [2.75, 3.05) is 0 Å². The first-order chi connectivity index (χ1) is 28.7. The Labute approximate surface area is 335 Å². The third kappa shape index (κ3) is 6.03. The largest absolute Gasteiger partial charge is 0.247 e. The first kappa shape index (κ1) is 33.4. The number of pyridine rings is 3. The van der Waals surface area contributed by atoms with Gasteiger partial charge in [0.2, 0.25) is 0 Å². The average molecular weight is 740 g/mol. The molecule has 5 nitrogen and oxygen atoms in total. The van der Waals surface area contributed by atoms with E-state index in [1.54, 1.807) is 0 Å². The highest BCUT2D eigenvalue weighted by Crippen LogP contribution is 2.37. The molecule has 0 amide bonds. The molecule has 0 saturated carbocycles. The first-order valence-corrected chi connectivity index (χ1v) is 19.4. The maximum absolute atomic E-state index is 5.44. The summed E-state index contributed by atoms with van der Waals surface area (Å²) in [6.07, 6.45) is 0. The van der Waals surface area contributed by atoms with Crippen LogP contribution in [0.4, 0.5) is 0 Å². The third-order valence-corrected chi connectivity index (χ3v) is 10.8. The molecule has 11 rings (SSSR count). The summed E-state index contributed by atoms with van der Waals surface area (Å²) in [6.45, 7) is 0. The second-order valence-electron chi connectivity index (χ2n) is 14.5. The van der Waals surface area contributed by atoms with E-state index in [-0.39, 0.29) is 0 Å². The molecule has 0 spiro atoms. The zero-order chi connectivity index (χ0) is 38.4. The van der Waals surface area contributed by atoms with Crippen LogP contribution in [0.2, 0.25) is 0 Å². The van der Waals surface area contributed by atoms with Crippen LogP contribution in [0.25, 0.3) is 111 Å². The number of aromatic nitrogens is 5. The van der Waals surface area contributed by atoms with Crippen molar-refractivity contribution in [2.24, 2.45) is 0 Å². The predicted octanol–water partition coefficient (Wildman–Crippen LogP) is 13.3. The maximum Gasteiger partial charge on any atom is 0.160 e. The molecule has 0 aliphatic carbocycles. The van der Waals surface area contributed by atoms with Crippen LogP contribution in [0, 0.1) is 0 Å². The van der Waals surface area contributed by atoms with E-state index in [1.165, 1.54) is 0 Å². The highest BCUT2D eigenvalue weighted by Gasteiger charge is 2.17. The van der Waals surface area contributed by atoms with Crippen LogP contribution in [0.1, 0.15) is 0 Å². The summed E-state index contributed by atoms with van der Waals surface area (Å²) >= 11 is 0. The smallest absolute Gasteiger partial charge is 0.160 e. The van der Waals surface area contributed by atoms with Gasteiger partial charge in [-0.1, -0.05) is 170 Å². The fourth-order valence-electron chi connectivity index (χ4n) is 7.88. The van der Waals surface area contributed by atoms with E-state index in [1.807, 2.05) is 60.7 Å². The molecule has 0 saturated heterocycles. The van der Waals surface area contributed by atoms with E-state index in [2.05, 4.69) is 140 Å². The summed E-state index contributed by atoms with van der Waals surface area (Å²) in [5, 5.41) is 4.09. The molecule has 0 aliphatic rings. The summed E-state index contributed by atoms with van der Waals surface area (Å²) in [4.78, 5) is 26.0. The van der Waals surface area contributed by atoms with Crippen LogP contribution in [0.3, 0.4) is 0 Å². The van der Waals surface area contributed by atoms with Gasteiger partial charge in [0.1, 0.15) is 0 Å². The highest BCUT2D eigenvalue weighted by molar-refractivity contribution is 6.15. The lowest BCUT2D eigenvalue weighted by Crippen LogP contribution is -1.96. The first-order valence-electron chi connectivity index (χ1n) is 19.4. The molecule has 0 N–H and O–H groups in total. The summed E-state index contributed by atoms with van der Waals surface area (Å²) in [5.41, 5.74) is 14.5. The molecular weight excluding hydrogens is 707 g/mol. The lowest BCUT2D eigenvalue weighted by molar-refractivity contribution is 1.18. The Morgan fingerprint density at radius 3 is 1.41 bits per heavy atom. The van der Waals surface area contributed by atoms with Gasteiger partial charge >= 0.3 is 0 Å². The molecule has 270 valence electrons. The fraction of sp³-hybridized carbons (Fsp3) is 0. The Morgan fingerprint density at radius 1 is 0.259 bits per heavy atom. The fourth-order valence-corrected chi connectivity index (χ4v) is 7.88. The molecule has 4 heterocycles.